The van der Waals surface area contributed by atoms with Gasteiger partial charge in [0.15, 0.2) is 11.5 Å². The van der Waals surface area contributed by atoms with Crippen molar-refractivity contribution in [3.05, 3.63) is 48.3 Å². The van der Waals surface area contributed by atoms with Crippen molar-refractivity contribution in [2.24, 2.45) is 0 Å². The van der Waals surface area contributed by atoms with Crippen LogP contribution in [0.2, 0.25) is 0 Å². The van der Waals surface area contributed by atoms with Crippen molar-refractivity contribution in [3.8, 4) is 11.5 Å². The molecule has 0 fully saturated rings. The first kappa shape index (κ1) is 12.7. The Balaban J connectivity index is 1.64. The predicted molar refractivity (Wildman–Crippen MR) is 75.1 cm³/mol. The quantitative estimate of drug-likeness (QED) is 0.891. The third kappa shape index (κ3) is 2.83. The van der Waals surface area contributed by atoms with Crippen LogP contribution in [0.5, 0.6) is 11.5 Å². The van der Waals surface area contributed by atoms with Crippen molar-refractivity contribution in [1.82, 2.24) is 4.98 Å². The maximum Gasteiger partial charge on any atom is 0.163 e. The second-order valence-electron chi connectivity index (χ2n) is 4.54. The van der Waals surface area contributed by atoms with Crippen molar-refractivity contribution in [3.63, 3.8) is 0 Å². The lowest BCUT2D eigenvalue weighted by Gasteiger charge is -2.19. The highest BCUT2D eigenvalue weighted by molar-refractivity contribution is 5.55. The number of nitrogens with zero attached hydrogens (tertiary/aromatic N) is 1. The van der Waals surface area contributed by atoms with Gasteiger partial charge in [0.1, 0.15) is 13.2 Å². The first-order chi connectivity index (χ1) is 9.83. The zero-order valence-corrected chi connectivity index (χ0v) is 11.0. The van der Waals surface area contributed by atoms with E-state index in [1.807, 2.05) is 18.2 Å². The standard InChI is InChI=1S/C15H16N2O3/c18-13(11-3-5-16-6-4-11)10-17-12-1-2-14-15(9-12)20-8-7-19-14/h1-6,9,13,17-18H,7-8,10H2. The number of nitrogens with one attached hydrogen (secondary N) is 1. The summed E-state index contributed by atoms with van der Waals surface area (Å²) in [4.78, 5) is 3.93. The van der Waals surface area contributed by atoms with E-state index in [-0.39, 0.29) is 0 Å². The Morgan fingerprint density at radius 1 is 1.10 bits per heavy atom. The van der Waals surface area contributed by atoms with Crippen LogP contribution >= 0.6 is 0 Å². The van der Waals surface area contributed by atoms with Gasteiger partial charge >= 0.3 is 0 Å². The van der Waals surface area contributed by atoms with Gasteiger partial charge in [0.2, 0.25) is 0 Å². The molecule has 3 rings (SSSR count). The molecule has 1 aliphatic rings. The molecule has 1 atom stereocenters. The van der Waals surface area contributed by atoms with Gasteiger partial charge in [-0.25, -0.2) is 0 Å². The van der Waals surface area contributed by atoms with Crippen LogP contribution in [0.3, 0.4) is 0 Å². The van der Waals surface area contributed by atoms with E-state index < -0.39 is 6.10 Å². The molecule has 5 nitrogen and oxygen atoms in total. The second kappa shape index (κ2) is 5.79. The Bertz CT molecular complexity index is 575. The van der Waals surface area contributed by atoms with Crippen LogP contribution in [-0.2, 0) is 0 Å². The Labute approximate surface area is 117 Å². The lowest BCUT2D eigenvalue weighted by Crippen LogP contribution is -2.16. The van der Waals surface area contributed by atoms with E-state index in [2.05, 4.69) is 10.3 Å². The monoisotopic (exact) mass is 272 g/mol. The van der Waals surface area contributed by atoms with Crippen molar-refractivity contribution in [2.45, 2.75) is 6.10 Å². The molecule has 5 heteroatoms. The third-order valence-corrected chi connectivity index (χ3v) is 3.13. The maximum atomic E-state index is 10.1. The molecule has 0 bridgehead atoms. The minimum absolute atomic E-state index is 0.420. The number of aliphatic hydroxyl groups is 1. The fourth-order valence-corrected chi connectivity index (χ4v) is 2.07. The van der Waals surface area contributed by atoms with Crippen molar-refractivity contribution < 1.29 is 14.6 Å². The number of hydrogen-bond donors (Lipinski definition) is 2. The highest BCUT2D eigenvalue weighted by atomic mass is 16.6. The average molecular weight is 272 g/mol. The van der Waals surface area contributed by atoms with Crippen molar-refractivity contribution in [1.29, 1.82) is 0 Å². The summed E-state index contributed by atoms with van der Waals surface area (Å²) in [5.41, 5.74) is 1.73. The Morgan fingerprint density at radius 3 is 2.65 bits per heavy atom. The average Bonchev–Trinajstić information content (AvgIpc) is 2.53. The molecule has 0 radical (unpaired) electrons. The molecular formula is C15H16N2O3. The first-order valence-corrected chi connectivity index (χ1v) is 6.54. The Kier molecular flexibility index (Phi) is 3.69. The molecule has 1 unspecified atom stereocenters. The number of anilines is 1. The number of rotatable bonds is 4. The predicted octanol–water partition coefficient (Wildman–Crippen LogP) is 2.00. The molecule has 0 spiro atoms. The summed E-state index contributed by atoms with van der Waals surface area (Å²) >= 11 is 0. The van der Waals surface area contributed by atoms with E-state index >= 15 is 0 Å². The van der Waals surface area contributed by atoms with E-state index in [0.29, 0.717) is 19.8 Å². The summed E-state index contributed by atoms with van der Waals surface area (Å²) in [6.07, 6.45) is 2.76. The SMILES string of the molecule is OC(CNc1ccc2c(c1)OCCO2)c1ccncc1. The minimum atomic E-state index is -0.578. The zero-order valence-electron chi connectivity index (χ0n) is 11.0. The molecular weight excluding hydrogens is 256 g/mol. The highest BCUT2D eigenvalue weighted by Crippen LogP contribution is 2.32. The van der Waals surface area contributed by atoms with Crippen LogP contribution in [0.15, 0.2) is 42.7 Å². The first-order valence-electron chi connectivity index (χ1n) is 6.54. The van der Waals surface area contributed by atoms with Crippen LogP contribution < -0.4 is 14.8 Å². The van der Waals surface area contributed by atoms with Gasteiger partial charge < -0.3 is 19.9 Å². The molecule has 0 saturated heterocycles. The fraction of sp³-hybridized carbons (Fsp3) is 0.267. The van der Waals surface area contributed by atoms with Crippen LogP contribution in [-0.4, -0.2) is 29.8 Å². The molecule has 104 valence electrons. The molecule has 0 saturated carbocycles. The number of fused-ring (bicyclic) bond motifs is 1. The molecule has 1 aromatic heterocycles. The molecule has 0 aliphatic carbocycles. The molecule has 0 amide bonds. The largest absolute Gasteiger partial charge is 0.486 e. The summed E-state index contributed by atoms with van der Waals surface area (Å²) in [5.74, 6) is 1.50. The van der Waals surface area contributed by atoms with Crippen LogP contribution in [0.4, 0.5) is 5.69 Å². The molecule has 2 N–H and O–H groups in total. The van der Waals surface area contributed by atoms with Crippen LogP contribution in [0.1, 0.15) is 11.7 Å². The second-order valence-corrected chi connectivity index (χ2v) is 4.54. The lowest BCUT2D eigenvalue weighted by molar-refractivity contribution is 0.171. The summed E-state index contributed by atoms with van der Waals surface area (Å²) in [6.45, 7) is 1.57. The highest BCUT2D eigenvalue weighted by Gasteiger charge is 2.12. The number of benzene rings is 1. The number of hydrogen-bond acceptors (Lipinski definition) is 5. The van der Waals surface area contributed by atoms with E-state index in [0.717, 1.165) is 22.7 Å². The molecule has 1 aromatic carbocycles. The van der Waals surface area contributed by atoms with Crippen LogP contribution in [0, 0.1) is 0 Å². The molecule has 1 aliphatic heterocycles. The molecule has 2 heterocycles. The van der Waals surface area contributed by atoms with E-state index in [4.69, 9.17) is 9.47 Å². The minimum Gasteiger partial charge on any atom is -0.486 e. The third-order valence-electron chi connectivity index (χ3n) is 3.13. The lowest BCUT2D eigenvalue weighted by atomic mass is 10.1. The summed E-state index contributed by atoms with van der Waals surface area (Å²) in [6, 6.07) is 9.27. The normalized spacial score (nSPS) is 14.7. The Morgan fingerprint density at radius 2 is 1.85 bits per heavy atom. The maximum absolute atomic E-state index is 10.1. The summed E-state index contributed by atoms with van der Waals surface area (Å²) in [7, 11) is 0. The summed E-state index contributed by atoms with van der Waals surface area (Å²) in [5, 5.41) is 13.3. The zero-order chi connectivity index (χ0) is 13.8. The van der Waals surface area contributed by atoms with Gasteiger partial charge in [-0.15, -0.1) is 0 Å². The van der Waals surface area contributed by atoms with Gasteiger partial charge in [-0.2, -0.15) is 0 Å². The summed E-state index contributed by atoms with van der Waals surface area (Å²) < 4.78 is 11.0. The van der Waals surface area contributed by atoms with Gasteiger partial charge in [-0.1, -0.05) is 0 Å². The van der Waals surface area contributed by atoms with E-state index in [1.54, 1.807) is 24.5 Å². The molecule has 20 heavy (non-hydrogen) atoms. The Hall–Kier alpha value is -2.27. The van der Waals surface area contributed by atoms with Crippen molar-refractivity contribution in [2.75, 3.05) is 25.1 Å². The number of ether oxygens (including phenoxy) is 2. The number of aromatic nitrogens is 1. The van der Waals surface area contributed by atoms with Crippen LogP contribution in [0.25, 0.3) is 0 Å². The van der Waals surface area contributed by atoms with E-state index in [1.165, 1.54) is 0 Å². The van der Waals surface area contributed by atoms with Gasteiger partial charge in [0, 0.05) is 30.7 Å². The van der Waals surface area contributed by atoms with Gasteiger partial charge in [-0.3, -0.25) is 4.98 Å². The number of aliphatic hydroxyl groups excluding tert-OH is 1. The van der Waals surface area contributed by atoms with E-state index in [9.17, 15) is 5.11 Å². The van der Waals surface area contributed by atoms with Gasteiger partial charge in [0.05, 0.1) is 6.10 Å². The smallest absolute Gasteiger partial charge is 0.163 e. The topological polar surface area (TPSA) is 63.6 Å². The number of pyridine rings is 1. The molecule has 2 aromatic rings. The van der Waals surface area contributed by atoms with Crippen molar-refractivity contribution >= 4 is 5.69 Å². The van der Waals surface area contributed by atoms with Gasteiger partial charge in [0.25, 0.3) is 0 Å². The van der Waals surface area contributed by atoms with Gasteiger partial charge in [-0.05, 0) is 29.8 Å². The fourth-order valence-electron chi connectivity index (χ4n) is 2.07.